The van der Waals surface area contributed by atoms with Crippen molar-refractivity contribution >= 4 is 26.6 Å². The Morgan fingerprint density at radius 2 is 1.91 bits per heavy atom. The van der Waals surface area contributed by atoms with Gasteiger partial charge in [-0.15, -0.1) is 0 Å². The van der Waals surface area contributed by atoms with Gasteiger partial charge in [-0.25, -0.2) is 8.42 Å². The second-order valence-electron chi connectivity index (χ2n) is 5.81. The van der Waals surface area contributed by atoms with Crippen molar-refractivity contribution in [2.75, 3.05) is 5.75 Å². The number of rotatable bonds is 2. The fraction of sp³-hybridized carbons (Fsp3) is 0.312. The highest BCUT2D eigenvalue weighted by Crippen LogP contribution is 2.27. The molecule has 1 unspecified atom stereocenters. The van der Waals surface area contributed by atoms with E-state index in [0.717, 1.165) is 33.0 Å². The molecular weight excluding hydrogens is 300 g/mol. The number of aryl methyl sites for hydroxylation is 3. The fourth-order valence-electron chi connectivity index (χ4n) is 2.93. The summed E-state index contributed by atoms with van der Waals surface area (Å²) in [4.78, 5) is 15.6. The summed E-state index contributed by atoms with van der Waals surface area (Å²) in [6, 6.07) is 3.58. The van der Waals surface area contributed by atoms with Crippen molar-refractivity contribution in [3.63, 3.8) is 0 Å². The second-order valence-corrected chi connectivity index (χ2v) is 7.74. The summed E-state index contributed by atoms with van der Waals surface area (Å²) in [6.45, 7) is 5.91. The van der Waals surface area contributed by atoms with E-state index in [1.807, 2.05) is 32.9 Å². The second kappa shape index (κ2) is 4.98. The van der Waals surface area contributed by atoms with Crippen molar-refractivity contribution in [3.05, 3.63) is 46.0 Å². The molecule has 1 amide bonds. The number of H-pyrrole nitrogens is 1. The fourth-order valence-corrected chi connectivity index (χ4v) is 4.17. The highest BCUT2D eigenvalue weighted by atomic mass is 32.2. The molecule has 0 radical (unpaired) electrons. The smallest absolute Gasteiger partial charge is 0.268 e. The van der Waals surface area contributed by atoms with Crippen molar-refractivity contribution in [2.24, 2.45) is 0 Å². The van der Waals surface area contributed by atoms with E-state index in [1.165, 1.54) is 6.08 Å². The summed E-state index contributed by atoms with van der Waals surface area (Å²) < 4.78 is 22.8. The lowest BCUT2D eigenvalue weighted by Gasteiger charge is -2.09. The maximum Gasteiger partial charge on any atom is 0.268 e. The number of hydrogen-bond donors (Lipinski definition) is 2. The van der Waals surface area contributed by atoms with Crippen LogP contribution in [0.4, 0.5) is 0 Å². The lowest BCUT2D eigenvalue weighted by atomic mass is 10.0. The van der Waals surface area contributed by atoms with Crippen LogP contribution in [0.3, 0.4) is 0 Å². The molecule has 1 atom stereocenters. The van der Waals surface area contributed by atoms with Crippen LogP contribution >= 0.6 is 0 Å². The third-order valence-corrected chi connectivity index (χ3v) is 5.49. The summed E-state index contributed by atoms with van der Waals surface area (Å²) in [7, 11) is -3.18. The van der Waals surface area contributed by atoms with Crippen LogP contribution in [0.15, 0.2) is 23.6 Å². The van der Waals surface area contributed by atoms with Crippen molar-refractivity contribution in [1.29, 1.82) is 0 Å². The Bertz CT molecular complexity index is 907. The first-order valence-electron chi connectivity index (χ1n) is 7.09. The molecule has 0 spiro atoms. The molecule has 1 aliphatic rings. The SMILES string of the molecule is Cc1ccc(C)c2c(C)c(C(=O)NC3C=CS(=O)(=O)C3)[nH]c12. The molecule has 1 aliphatic heterocycles. The average Bonchev–Trinajstić information content (AvgIpc) is 2.95. The van der Waals surface area contributed by atoms with Crippen LogP contribution in [0.5, 0.6) is 0 Å². The molecule has 5 nitrogen and oxygen atoms in total. The van der Waals surface area contributed by atoms with Crippen molar-refractivity contribution in [3.8, 4) is 0 Å². The standard InChI is InChI=1S/C16H18N2O3S/c1-9-4-5-10(2)14-13(9)11(3)15(18-14)16(19)17-12-6-7-22(20,21)8-12/h4-7,12,18H,8H2,1-3H3,(H,17,19). The molecule has 1 aromatic heterocycles. The maximum absolute atomic E-state index is 12.5. The molecular formula is C16H18N2O3S. The predicted molar refractivity (Wildman–Crippen MR) is 86.7 cm³/mol. The molecule has 116 valence electrons. The van der Waals surface area contributed by atoms with Gasteiger partial charge in [0, 0.05) is 16.3 Å². The van der Waals surface area contributed by atoms with Gasteiger partial charge in [0.15, 0.2) is 9.84 Å². The number of carbonyl (C=O) groups is 1. The van der Waals surface area contributed by atoms with Crippen molar-refractivity contribution in [2.45, 2.75) is 26.8 Å². The Balaban J connectivity index is 1.96. The zero-order chi connectivity index (χ0) is 16.1. The summed E-state index contributed by atoms with van der Waals surface area (Å²) in [5.74, 6) is -0.352. The van der Waals surface area contributed by atoms with Crippen molar-refractivity contribution in [1.82, 2.24) is 10.3 Å². The maximum atomic E-state index is 12.5. The summed E-state index contributed by atoms with van der Waals surface area (Å²) in [5.41, 5.74) is 4.52. The molecule has 0 saturated carbocycles. The average molecular weight is 318 g/mol. The number of carbonyl (C=O) groups excluding carboxylic acids is 1. The van der Waals surface area contributed by atoms with E-state index in [-0.39, 0.29) is 11.7 Å². The van der Waals surface area contributed by atoms with E-state index >= 15 is 0 Å². The number of benzene rings is 1. The minimum absolute atomic E-state index is 0.0733. The van der Waals surface area contributed by atoms with Gasteiger partial charge in [0.1, 0.15) is 5.69 Å². The highest BCUT2D eigenvalue weighted by Gasteiger charge is 2.25. The Morgan fingerprint density at radius 1 is 1.23 bits per heavy atom. The number of sulfone groups is 1. The molecule has 0 saturated heterocycles. The van der Waals surface area contributed by atoms with Crippen LogP contribution < -0.4 is 5.32 Å². The molecule has 0 bridgehead atoms. The van der Waals surface area contributed by atoms with Crippen LogP contribution in [0.25, 0.3) is 10.9 Å². The Kier molecular flexibility index (Phi) is 3.36. The van der Waals surface area contributed by atoms with Gasteiger partial charge in [-0.3, -0.25) is 4.79 Å². The van der Waals surface area contributed by atoms with Crippen LogP contribution in [-0.4, -0.2) is 31.1 Å². The third kappa shape index (κ3) is 2.43. The van der Waals surface area contributed by atoms with Gasteiger partial charge in [-0.2, -0.15) is 0 Å². The van der Waals surface area contributed by atoms with Crippen LogP contribution in [0.2, 0.25) is 0 Å². The first-order chi connectivity index (χ1) is 10.3. The van der Waals surface area contributed by atoms with Gasteiger partial charge in [0.05, 0.1) is 11.8 Å². The molecule has 2 heterocycles. The van der Waals surface area contributed by atoms with E-state index in [0.29, 0.717) is 5.69 Å². The Labute approximate surface area is 129 Å². The lowest BCUT2D eigenvalue weighted by molar-refractivity contribution is 0.0943. The summed E-state index contributed by atoms with van der Waals surface area (Å²) >= 11 is 0. The minimum atomic E-state index is -3.18. The van der Waals surface area contributed by atoms with Gasteiger partial charge >= 0.3 is 0 Å². The van der Waals surface area contributed by atoms with E-state index < -0.39 is 15.9 Å². The van der Waals surface area contributed by atoms with Crippen LogP contribution in [-0.2, 0) is 9.84 Å². The van der Waals surface area contributed by atoms with Crippen molar-refractivity contribution < 1.29 is 13.2 Å². The number of nitrogens with one attached hydrogen (secondary N) is 2. The summed E-state index contributed by atoms with van der Waals surface area (Å²) in [6.07, 6.45) is 1.52. The third-order valence-electron chi connectivity index (χ3n) is 4.10. The number of amides is 1. The number of fused-ring (bicyclic) bond motifs is 1. The number of hydrogen-bond acceptors (Lipinski definition) is 3. The minimum Gasteiger partial charge on any atom is -0.350 e. The monoisotopic (exact) mass is 318 g/mol. The molecule has 1 aromatic carbocycles. The van der Waals surface area contributed by atoms with E-state index in [2.05, 4.69) is 10.3 Å². The largest absolute Gasteiger partial charge is 0.350 e. The predicted octanol–water partition coefficient (Wildman–Crippen LogP) is 2.13. The molecule has 3 rings (SSSR count). The molecule has 22 heavy (non-hydrogen) atoms. The van der Waals surface area contributed by atoms with E-state index in [1.54, 1.807) is 0 Å². The highest BCUT2D eigenvalue weighted by molar-refractivity contribution is 7.94. The van der Waals surface area contributed by atoms with Gasteiger partial charge in [0.25, 0.3) is 5.91 Å². The van der Waals surface area contributed by atoms with Gasteiger partial charge in [0.2, 0.25) is 0 Å². The zero-order valence-electron chi connectivity index (χ0n) is 12.7. The first-order valence-corrected chi connectivity index (χ1v) is 8.80. The first kappa shape index (κ1) is 14.8. The number of aromatic nitrogens is 1. The van der Waals surface area contributed by atoms with E-state index in [9.17, 15) is 13.2 Å². The molecule has 6 heteroatoms. The zero-order valence-corrected chi connectivity index (χ0v) is 13.5. The topological polar surface area (TPSA) is 79.0 Å². The Morgan fingerprint density at radius 3 is 2.50 bits per heavy atom. The van der Waals surface area contributed by atoms with E-state index in [4.69, 9.17) is 0 Å². The van der Waals surface area contributed by atoms with Crippen LogP contribution in [0, 0.1) is 20.8 Å². The molecule has 2 N–H and O–H groups in total. The Hall–Kier alpha value is -2.08. The molecule has 2 aromatic rings. The normalized spacial score (nSPS) is 19.7. The molecule has 0 fully saturated rings. The quantitative estimate of drug-likeness (QED) is 0.890. The lowest BCUT2D eigenvalue weighted by Crippen LogP contribution is -2.36. The van der Waals surface area contributed by atoms with Crippen LogP contribution in [0.1, 0.15) is 27.2 Å². The van der Waals surface area contributed by atoms with Gasteiger partial charge in [-0.1, -0.05) is 12.1 Å². The van der Waals surface area contributed by atoms with Gasteiger partial charge < -0.3 is 10.3 Å². The summed E-state index contributed by atoms with van der Waals surface area (Å²) in [5, 5.41) is 4.97. The van der Waals surface area contributed by atoms with Gasteiger partial charge in [-0.05, 0) is 43.5 Å². The number of aromatic amines is 1. The molecule has 0 aliphatic carbocycles.